The highest BCUT2D eigenvalue weighted by atomic mass is 32.1. The van der Waals surface area contributed by atoms with Gasteiger partial charge in [0, 0.05) is 29.0 Å². The predicted molar refractivity (Wildman–Crippen MR) is 119 cm³/mol. The maximum Gasteiger partial charge on any atom is 0.250 e. The lowest BCUT2D eigenvalue weighted by atomic mass is 10.1. The zero-order valence-electron chi connectivity index (χ0n) is 15.8. The Labute approximate surface area is 171 Å². The number of hydrogen-bond acceptors (Lipinski definition) is 5. The summed E-state index contributed by atoms with van der Waals surface area (Å²) in [5.41, 5.74) is 10.4. The topological polar surface area (TPSA) is 84.2 Å². The summed E-state index contributed by atoms with van der Waals surface area (Å²) >= 11 is 1.58. The van der Waals surface area contributed by atoms with Crippen LogP contribution < -0.4 is 10.6 Å². The maximum atomic E-state index is 12.2. The summed E-state index contributed by atoms with van der Waals surface area (Å²) in [5.74, 6) is -0.473. The molecule has 1 fully saturated rings. The molecule has 3 N–H and O–H groups in total. The van der Waals surface area contributed by atoms with Crippen molar-refractivity contribution >= 4 is 50.9 Å². The van der Waals surface area contributed by atoms with Crippen LogP contribution in [-0.2, 0) is 4.74 Å². The van der Waals surface area contributed by atoms with Crippen LogP contribution in [-0.4, -0.2) is 42.2 Å². The van der Waals surface area contributed by atoms with E-state index in [4.69, 9.17) is 15.5 Å². The molecule has 1 saturated heterocycles. The SMILES string of the molecule is C=Cc1ccc(-c2cc(C(N)=O)c3[nH]c4cc(N5CCOCC5)ccc4c3n2)s1. The van der Waals surface area contributed by atoms with E-state index in [0.717, 1.165) is 63.9 Å². The van der Waals surface area contributed by atoms with Crippen LogP contribution in [0, 0.1) is 0 Å². The number of carbonyl (C=O) groups is 1. The fourth-order valence-electron chi connectivity index (χ4n) is 3.78. The van der Waals surface area contributed by atoms with Crippen molar-refractivity contribution in [3.05, 3.63) is 53.4 Å². The zero-order valence-corrected chi connectivity index (χ0v) is 16.6. The Balaban J connectivity index is 1.69. The molecule has 0 saturated carbocycles. The van der Waals surface area contributed by atoms with E-state index in [1.807, 2.05) is 12.1 Å². The summed E-state index contributed by atoms with van der Waals surface area (Å²) < 4.78 is 5.45. The van der Waals surface area contributed by atoms with E-state index >= 15 is 0 Å². The Hall–Kier alpha value is -3.16. The Bertz CT molecular complexity index is 1250. The monoisotopic (exact) mass is 404 g/mol. The molecule has 0 radical (unpaired) electrons. The van der Waals surface area contributed by atoms with Crippen molar-refractivity contribution in [2.24, 2.45) is 5.73 Å². The average Bonchev–Trinajstić information content (AvgIpc) is 3.37. The molecule has 0 bridgehead atoms. The summed E-state index contributed by atoms with van der Waals surface area (Å²) in [6.45, 7) is 7.01. The van der Waals surface area contributed by atoms with E-state index in [2.05, 4.69) is 34.7 Å². The second-order valence-electron chi connectivity index (χ2n) is 7.00. The molecule has 0 atom stereocenters. The molecular weight excluding hydrogens is 384 g/mol. The maximum absolute atomic E-state index is 12.2. The number of aromatic amines is 1. The van der Waals surface area contributed by atoms with Crippen LogP contribution in [0.3, 0.4) is 0 Å². The average molecular weight is 404 g/mol. The third-order valence-electron chi connectivity index (χ3n) is 5.26. The molecule has 3 aromatic heterocycles. The number of pyridine rings is 1. The highest BCUT2D eigenvalue weighted by molar-refractivity contribution is 7.16. The normalized spacial score (nSPS) is 14.6. The molecule has 6 nitrogen and oxygen atoms in total. The largest absolute Gasteiger partial charge is 0.378 e. The number of H-pyrrole nitrogens is 1. The Morgan fingerprint density at radius 2 is 2.07 bits per heavy atom. The van der Waals surface area contributed by atoms with Crippen molar-refractivity contribution < 1.29 is 9.53 Å². The van der Waals surface area contributed by atoms with Gasteiger partial charge in [-0.25, -0.2) is 4.98 Å². The van der Waals surface area contributed by atoms with Crippen LogP contribution >= 0.6 is 11.3 Å². The van der Waals surface area contributed by atoms with Crippen molar-refractivity contribution in [2.75, 3.05) is 31.2 Å². The van der Waals surface area contributed by atoms with Crippen molar-refractivity contribution in [1.29, 1.82) is 0 Å². The summed E-state index contributed by atoms with van der Waals surface area (Å²) in [6.07, 6.45) is 1.81. The molecule has 1 amide bonds. The summed E-state index contributed by atoms with van der Waals surface area (Å²) in [6, 6.07) is 12.0. The number of primary amides is 1. The van der Waals surface area contributed by atoms with Crippen LogP contribution in [0.4, 0.5) is 5.69 Å². The quantitative estimate of drug-likeness (QED) is 0.538. The molecule has 29 heavy (non-hydrogen) atoms. The van der Waals surface area contributed by atoms with Gasteiger partial charge in [0.15, 0.2) is 0 Å². The van der Waals surface area contributed by atoms with Gasteiger partial charge in [-0.15, -0.1) is 11.3 Å². The van der Waals surface area contributed by atoms with E-state index in [0.29, 0.717) is 11.1 Å². The lowest BCUT2D eigenvalue weighted by molar-refractivity contribution is 0.100. The second kappa shape index (κ2) is 7.02. The van der Waals surface area contributed by atoms with E-state index in [9.17, 15) is 4.79 Å². The van der Waals surface area contributed by atoms with Gasteiger partial charge in [-0.1, -0.05) is 12.7 Å². The number of hydrogen-bond donors (Lipinski definition) is 2. The summed E-state index contributed by atoms with van der Waals surface area (Å²) in [7, 11) is 0. The first-order chi connectivity index (χ1) is 14.1. The van der Waals surface area contributed by atoms with Crippen LogP contribution in [0.2, 0.25) is 0 Å². The molecule has 0 spiro atoms. The minimum atomic E-state index is -0.473. The number of anilines is 1. The molecular formula is C22H20N4O2S. The van der Waals surface area contributed by atoms with Crippen molar-refractivity contribution in [3.8, 4) is 10.6 Å². The highest BCUT2D eigenvalue weighted by Crippen LogP contribution is 2.34. The first-order valence-corrected chi connectivity index (χ1v) is 10.3. The van der Waals surface area contributed by atoms with Gasteiger partial charge in [-0.05, 0) is 36.4 Å². The number of aromatic nitrogens is 2. The van der Waals surface area contributed by atoms with E-state index in [1.54, 1.807) is 23.5 Å². The number of nitrogens with one attached hydrogen (secondary N) is 1. The number of amides is 1. The molecule has 0 aliphatic carbocycles. The second-order valence-corrected chi connectivity index (χ2v) is 8.12. The van der Waals surface area contributed by atoms with Crippen LogP contribution in [0.1, 0.15) is 15.2 Å². The minimum Gasteiger partial charge on any atom is -0.378 e. The number of nitrogens with zero attached hydrogens (tertiary/aromatic N) is 2. The molecule has 5 rings (SSSR count). The van der Waals surface area contributed by atoms with E-state index in [-0.39, 0.29) is 0 Å². The van der Waals surface area contributed by atoms with E-state index in [1.165, 1.54) is 0 Å². The van der Waals surface area contributed by atoms with Gasteiger partial charge < -0.3 is 20.4 Å². The van der Waals surface area contributed by atoms with E-state index < -0.39 is 5.91 Å². The van der Waals surface area contributed by atoms with Gasteiger partial charge in [0.2, 0.25) is 0 Å². The lowest BCUT2D eigenvalue weighted by Gasteiger charge is -2.28. The predicted octanol–water partition coefficient (Wildman–Crippen LogP) is 4.02. The molecule has 4 aromatic rings. The first-order valence-electron chi connectivity index (χ1n) is 9.45. The number of nitrogens with two attached hydrogens (primary N) is 1. The lowest BCUT2D eigenvalue weighted by Crippen LogP contribution is -2.36. The molecule has 1 aromatic carbocycles. The molecule has 0 unspecified atom stereocenters. The fourth-order valence-corrected chi connectivity index (χ4v) is 4.60. The Morgan fingerprint density at radius 3 is 2.79 bits per heavy atom. The number of ether oxygens (including phenoxy) is 1. The summed E-state index contributed by atoms with van der Waals surface area (Å²) in [4.78, 5) is 24.8. The van der Waals surface area contributed by atoms with Crippen LogP contribution in [0.15, 0.2) is 43.0 Å². The number of benzene rings is 1. The number of morpholine rings is 1. The molecule has 1 aliphatic rings. The molecule has 146 valence electrons. The van der Waals surface area contributed by atoms with Gasteiger partial charge in [0.25, 0.3) is 5.91 Å². The fraction of sp³-hybridized carbons (Fsp3) is 0.182. The summed E-state index contributed by atoms with van der Waals surface area (Å²) in [5, 5.41) is 0.974. The number of rotatable bonds is 4. The highest BCUT2D eigenvalue weighted by Gasteiger charge is 2.18. The van der Waals surface area contributed by atoms with Crippen molar-refractivity contribution in [2.45, 2.75) is 0 Å². The van der Waals surface area contributed by atoms with Crippen LogP contribution in [0.25, 0.3) is 38.6 Å². The number of carbonyl (C=O) groups excluding carboxylic acids is 1. The number of fused-ring (bicyclic) bond motifs is 3. The molecule has 7 heteroatoms. The number of thiophene rings is 1. The Kier molecular flexibility index (Phi) is 4.34. The molecule has 1 aliphatic heterocycles. The van der Waals surface area contributed by atoms with Gasteiger partial charge in [-0.3, -0.25) is 4.79 Å². The Morgan fingerprint density at radius 1 is 1.24 bits per heavy atom. The first kappa shape index (κ1) is 17.9. The van der Waals surface area contributed by atoms with Crippen molar-refractivity contribution in [1.82, 2.24) is 9.97 Å². The van der Waals surface area contributed by atoms with Gasteiger partial charge in [0.05, 0.1) is 45.9 Å². The van der Waals surface area contributed by atoms with Crippen molar-refractivity contribution in [3.63, 3.8) is 0 Å². The van der Waals surface area contributed by atoms with Crippen LogP contribution in [0.5, 0.6) is 0 Å². The molecule has 4 heterocycles. The minimum absolute atomic E-state index is 0.447. The zero-order chi connectivity index (χ0) is 20.0. The standard InChI is InChI=1S/C22H20N4O2S/c1-2-14-4-6-19(29-14)18-12-16(22(23)27)21-20(25-18)15-5-3-13(11-17(15)24-21)26-7-9-28-10-8-26/h2-6,11-12,24H,1,7-10H2,(H2,23,27). The van der Waals surface area contributed by atoms with Gasteiger partial charge >= 0.3 is 0 Å². The van der Waals surface area contributed by atoms with Gasteiger partial charge in [-0.2, -0.15) is 0 Å². The smallest absolute Gasteiger partial charge is 0.250 e. The third-order valence-corrected chi connectivity index (χ3v) is 6.36. The third kappa shape index (κ3) is 3.08. The van der Waals surface area contributed by atoms with Gasteiger partial charge in [0.1, 0.15) is 0 Å².